The van der Waals surface area contributed by atoms with Crippen LogP contribution in [0.2, 0.25) is 0 Å². The normalized spacial score (nSPS) is 20.4. The van der Waals surface area contributed by atoms with E-state index in [9.17, 15) is 0 Å². The van der Waals surface area contributed by atoms with Crippen LogP contribution in [0.5, 0.6) is 0 Å². The average molecular weight is 366 g/mol. The monoisotopic (exact) mass is 365 g/mol. The molecule has 2 aromatic heterocycles. The number of hydrogen-bond donors (Lipinski definition) is 0. The number of thiophene rings is 1. The fourth-order valence-electron chi connectivity index (χ4n) is 4.25. The molecule has 0 bridgehead atoms. The topological polar surface area (TPSA) is 42.2 Å². The van der Waals surface area contributed by atoms with Crippen molar-refractivity contribution in [3.63, 3.8) is 0 Å². The second-order valence-corrected chi connectivity index (χ2v) is 8.44. The predicted octanol–water partition coefficient (Wildman–Crippen LogP) is 5.01. The minimum Gasteiger partial charge on any atom is -0.419 e. The van der Waals surface area contributed by atoms with E-state index in [0.717, 1.165) is 23.9 Å². The molecule has 3 heterocycles. The van der Waals surface area contributed by atoms with Crippen molar-refractivity contribution >= 4 is 11.3 Å². The lowest BCUT2D eigenvalue weighted by Gasteiger charge is -2.23. The standard InChI is InChI=1S/C21H23N3OS/c1-2-7-15(8-3-1)17-10-6-12-24(17)14-20-22-23-21(25-20)19-13-16-9-4-5-11-18(16)26-19/h1-3,7-8,13,17H,4-6,9-12,14H2. The summed E-state index contributed by atoms with van der Waals surface area (Å²) in [5, 5.41) is 8.68. The highest BCUT2D eigenvalue weighted by molar-refractivity contribution is 7.15. The summed E-state index contributed by atoms with van der Waals surface area (Å²) in [5.74, 6) is 1.42. The lowest BCUT2D eigenvalue weighted by molar-refractivity contribution is 0.224. The Balaban J connectivity index is 1.33. The Morgan fingerprint density at radius 2 is 1.96 bits per heavy atom. The van der Waals surface area contributed by atoms with Crippen LogP contribution in [-0.2, 0) is 19.4 Å². The molecule has 0 N–H and O–H groups in total. The van der Waals surface area contributed by atoms with Crippen molar-refractivity contribution in [2.75, 3.05) is 6.54 Å². The summed E-state index contributed by atoms with van der Waals surface area (Å²) in [6.45, 7) is 1.82. The van der Waals surface area contributed by atoms with E-state index in [1.165, 1.54) is 54.5 Å². The van der Waals surface area contributed by atoms with Crippen LogP contribution in [0, 0.1) is 0 Å². The molecular formula is C21H23N3OS. The smallest absolute Gasteiger partial charge is 0.257 e. The fraction of sp³-hybridized carbons (Fsp3) is 0.429. The lowest BCUT2D eigenvalue weighted by Crippen LogP contribution is -2.22. The van der Waals surface area contributed by atoms with Gasteiger partial charge in [0, 0.05) is 10.9 Å². The van der Waals surface area contributed by atoms with Crippen LogP contribution >= 0.6 is 11.3 Å². The highest BCUT2D eigenvalue weighted by Gasteiger charge is 2.27. The highest BCUT2D eigenvalue weighted by Crippen LogP contribution is 2.36. The van der Waals surface area contributed by atoms with Crippen LogP contribution in [0.1, 0.15) is 53.6 Å². The van der Waals surface area contributed by atoms with E-state index in [1.54, 1.807) is 0 Å². The van der Waals surface area contributed by atoms with Gasteiger partial charge in [-0.25, -0.2) is 0 Å². The molecular weight excluding hydrogens is 342 g/mol. The van der Waals surface area contributed by atoms with Gasteiger partial charge in [-0.1, -0.05) is 30.3 Å². The molecule has 5 rings (SSSR count). The van der Waals surface area contributed by atoms with Gasteiger partial charge in [0.15, 0.2) is 0 Å². The highest BCUT2D eigenvalue weighted by atomic mass is 32.1. The van der Waals surface area contributed by atoms with Gasteiger partial charge in [0.1, 0.15) is 0 Å². The number of fused-ring (bicyclic) bond motifs is 1. The van der Waals surface area contributed by atoms with Crippen LogP contribution in [0.4, 0.5) is 0 Å². The van der Waals surface area contributed by atoms with Crippen molar-refractivity contribution in [2.24, 2.45) is 0 Å². The van der Waals surface area contributed by atoms with E-state index in [2.05, 4.69) is 51.5 Å². The molecule has 5 heteroatoms. The molecule has 1 saturated heterocycles. The summed E-state index contributed by atoms with van der Waals surface area (Å²) in [7, 11) is 0. The van der Waals surface area contributed by atoms with E-state index in [1.807, 2.05) is 11.3 Å². The zero-order valence-corrected chi connectivity index (χ0v) is 15.7. The minimum absolute atomic E-state index is 0.459. The summed E-state index contributed by atoms with van der Waals surface area (Å²) in [6.07, 6.45) is 7.42. The molecule has 1 fully saturated rings. The van der Waals surface area contributed by atoms with Gasteiger partial charge in [0.2, 0.25) is 5.89 Å². The first-order valence-electron chi connectivity index (χ1n) is 9.60. The van der Waals surface area contributed by atoms with Gasteiger partial charge >= 0.3 is 0 Å². The van der Waals surface area contributed by atoms with Crippen molar-refractivity contribution in [2.45, 2.75) is 51.1 Å². The van der Waals surface area contributed by atoms with Crippen LogP contribution in [0.3, 0.4) is 0 Å². The molecule has 1 atom stereocenters. The third kappa shape index (κ3) is 3.10. The Labute approximate surface area is 157 Å². The van der Waals surface area contributed by atoms with Crippen LogP contribution in [0.15, 0.2) is 40.8 Å². The van der Waals surface area contributed by atoms with Crippen molar-refractivity contribution in [1.82, 2.24) is 15.1 Å². The molecule has 0 radical (unpaired) electrons. The lowest BCUT2D eigenvalue weighted by atomic mass is 9.99. The van der Waals surface area contributed by atoms with Crippen molar-refractivity contribution < 1.29 is 4.42 Å². The molecule has 134 valence electrons. The molecule has 26 heavy (non-hydrogen) atoms. The third-order valence-corrected chi connectivity index (χ3v) is 6.79. The molecule has 1 aromatic carbocycles. The zero-order chi connectivity index (χ0) is 17.3. The maximum atomic E-state index is 6.04. The average Bonchev–Trinajstić information content (AvgIpc) is 3.42. The van der Waals surface area contributed by atoms with Gasteiger partial charge in [-0.3, -0.25) is 4.90 Å². The Morgan fingerprint density at radius 1 is 1.08 bits per heavy atom. The summed E-state index contributed by atoms with van der Waals surface area (Å²) < 4.78 is 6.04. The Bertz CT molecular complexity index is 862. The molecule has 0 spiro atoms. The number of aryl methyl sites for hydroxylation is 2. The van der Waals surface area contributed by atoms with E-state index in [4.69, 9.17) is 4.42 Å². The summed E-state index contributed by atoms with van der Waals surface area (Å²) in [5.41, 5.74) is 2.87. The van der Waals surface area contributed by atoms with Gasteiger partial charge in [0.25, 0.3) is 5.89 Å². The molecule has 1 aliphatic heterocycles. The van der Waals surface area contributed by atoms with Gasteiger partial charge in [-0.05, 0) is 62.3 Å². The van der Waals surface area contributed by atoms with Crippen molar-refractivity contribution in [1.29, 1.82) is 0 Å². The molecule has 1 unspecified atom stereocenters. The van der Waals surface area contributed by atoms with Gasteiger partial charge in [-0.2, -0.15) is 0 Å². The molecule has 4 nitrogen and oxygen atoms in total. The Kier molecular flexibility index (Phi) is 4.35. The fourth-order valence-corrected chi connectivity index (χ4v) is 5.43. The second-order valence-electron chi connectivity index (χ2n) is 7.31. The third-order valence-electron chi connectivity index (χ3n) is 5.56. The van der Waals surface area contributed by atoms with E-state index < -0.39 is 0 Å². The first kappa shape index (κ1) is 16.2. The van der Waals surface area contributed by atoms with Crippen LogP contribution < -0.4 is 0 Å². The van der Waals surface area contributed by atoms with Gasteiger partial charge in [0.05, 0.1) is 11.4 Å². The van der Waals surface area contributed by atoms with Crippen LogP contribution in [0.25, 0.3) is 10.8 Å². The van der Waals surface area contributed by atoms with E-state index >= 15 is 0 Å². The Hall–Kier alpha value is -1.98. The number of rotatable bonds is 4. The SMILES string of the molecule is c1ccc(C2CCCN2Cc2nnc(-c3cc4c(s3)CCCC4)o2)cc1. The minimum atomic E-state index is 0.459. The maximum Gasteiger partial charge on any atom is 0.257 e. The first-order chi connectivity index (χ1) is 12.9. The molecule has 0 saturated carbocycles. The molecule has 3 aromatic rings. The number of likely N-dealkylation sites (tertiary alicyclic amines) is 1. The predicted molar refractivity (Wildman–Crippen MR) is 103 cm³/mol. The van der Waals surface area contributed by atoms with Gasteiger partial charge in [-0.15, -0.1) is 21.5 Å². The number of hydrogen-bond acceptors (Lipinski definition) is 5. The first-order valence-corrected chi connectivity index (χ1v) is 10.4. The van der Waals surface area contributed by atoms with Crippen LogP contribution in [-0.4, -0.2) is 21.6 Å². The largest absolute Gasteiger partial charge is 0.419 e. The maximum absolute atomic E-state index is 6.04. The zero-order valence-electron chi connectivity index (χ0n) is 14.9. The van der Waals surface area contributed by atoms with Crippen molar-refractivity contribution in [3.8, 4) is 10.8 Å². The number of aromatic nitrogens is 2. The number of benzene rings is 1. The van der Waals surface area contributed by atoms with Crippen molar-refractivity contribution in [3.05, 3.63) is 58.3 Å². The molecule has 2 aliphatic rings. The summed E-state index contributed by atoms with van der Waals surface area (Å²) in [4.78, 5) is 5.11. The van der Waals surface area contributed by atoms with Gasteiger partial charge < -0.3 is 4.42 Å². The molecule has 0 amide bonds. The summed E-state index contributed by atoms with van der Waals surface area (Å²) in [6, 6.07) is 13.5. The van der Waals surface area contributed by atoms with E-state index in [0.29, 0.717) is 11.9 Å². The summed E-state index contributed by atoms with van der Waals surface area (Å²) >= 11 is 1.83. The Morgan fingerprint density at radius 3 is 2.85 bits per heavy atom. The second kappa shape index (κ2) is 6.97. The number of nitrogens with zero attached hydrogens (tertiary/aromatic N) is 3. The van der Waals surface area contributed by atoms with E-state index in [-0.39, 0.29) is 0 Å². The molecule has 1 aliphatic carbocycles. The quantitative estimate of drug-likeness (QED) is 0.651.